The summed E-state index contributed by atoms with van der Waals surface area (Å²) >= 11 is 0. The Morgan fingerprint density at radius 1 is 1.00 bits per heavy atom. The molecule has 0 amide bonds. The molecule has 0 heterocycles. The lowest BCUT2D eigenvalue weighted by Crippen LogP contribution is -2.09. The number of nitrogens with two attached hydrogens (primary N) is 1. The minimum Gasteiger partial charge on any atom is -0.466 e. The van der Waals surface area contributed by atoms with Crippen molar-refractivity contribution in [2.45, 2.75) is 13.3 Å². The van der Waals surface area contributed by atoms with Crippen molar-refractivity contribution in [1.82, 2.24) is 0 Å². The SMILES string of the molecule is CCOC(=O)Cc1cc(C(=O)c2ccccc2)c2cc(N)ccc2c1. The third-order valence-electron chi connectivity index (χ3n) is 3.97. The van der Waals surface area contributed by atoms with Crippen LogP contribution in [0, 0.1) is 0 Å². The molecule has 25 heavy (non-hydrogen) atoms. The van der Waals surface area contributed by atoms with Crippen LogP contribution in [0.25, 0.3) is 10.8 Å². The van der Waals surface area contributed by atoms with Gasteiger partial charge in [0, 0.05) is 16.8 Å². The minimum atomic E-state index is -0.310. The quantitative estimate of drug-likeness (QED) is 0.438. The van der Waals surface area contributed by atoms with Crippen LogP contribution < -0.4 is 5.73 Å². The Bertz CT molecular complexity index is 933. The van der Waals surface area contributed by atoms with Gasteiger partial charge in [-0.2, -0.15) is 0 Å². The summed E-state index contributed by atoms with van der Waals surface area (Å²) in [5, 5.41) is 1.65. The molecule has 0 saturated heterocycles. The van der Waals surface area contributed by atoms with E-state index in [2.05, 4.69) is 0 Å². The van der Waals surface area contributed by atoms with E-state index < -0.39 is 0 Å². The standard InChI is InChI=1S/C21H19NO3/c1-2-25-20(23)12-14-10-16-8-9-17(22)13-18(16)19(11-14)21(24)15-6-4-3-5-7-15/h3-11,13H,2,12,22H2,1H3. The highest BCUT2D eigenvalue weighted by atomic mass is 16.5. The van der Waals surface area contributed by atoms with E-state index in [9.17, 15) is 9.59 Å². The number of anilines is 1. The van der Waals surface area contributed by atoms with E-state index in [0.29, 0.717) is 23.4 Å². The lowest BCUT2D eigenvalue weighted by atomic mass is 9.93. The normalized spacial score (nSPS) is 10.6. The van der Waals surface area contributed by atoms with E-state index in [0.717, 1.165) is 16.3 Å². The van der Waals surface area contributed by atoms with E-state index in [1.54, 1.807) is 37.3 Å². The highest BCUT2D eigenvalue weighted by Crippen LogP contribution is 2.26. The van der Waals surface area contributed by atoms with E-state index in [-0.39, 0.29) is 18.2 Å². The summed E-state index contributed by atoms with van der Waals surface area (Å²) in [5.41, 5.74) is 8.37. The molecule has 0 aromatic heterocycles. The summed E-state index contributed by atoms with van der Waals surface area (Å²) in [5.74, 6) is -0.405. The summed E-state index contributed by atoms with van der Waals surface area (Å²) in [4.78, 5) is 24.8. The number of ketones is 1. The third kappa shape index (κ3) is 3.69. The van der Waals surface area contributed by atoms with Crippen molar-refractivity contribution in [1.29, 1.82) is 0 Å². The Kier molecular flexibility index (Phi) is 4.80. The molecule has 0 spiro atoms. The summed E-state index contributed by atoms with van der Waals surface area (Å²) < 4.78 is 5.02. The van der Waals surface area contributed by atoms with Gasteiger partial charge in [0.15, 0.2) is 5.78 Å². The molecule has 126 valence electrons. The first-order valence-electron chi connectivity index (χ1n) is 8.16. The number of ether oxygens (including phenoxy) is 1. The highest BCUT2D eigenvalue weighted by Gasteiger charge is 2.15. The maximum atomic E-state index is 13.0. The largest absolute Gasteiger partial charge is 0.466 e. The van der Waals surface area contributed by atoms with E-state index in [4.69, 9.17) is 10.5 Å². The summed E-state index contributed by atoms with van der Waals surface area (Å²) in [6.45, 7) is 2.10. The van der Waals surface area contributed by atoms with Gasteiger partial charge < -0.3 is 10.5 Å². The van der Waals surface area contributed by atoms with Gasteiger partial charge in [-0.05, 0) is 41.5 Å². The van der Waals surface area contributed by atoms with Crippen molar-refractivity contribution in [3.05, 3.63) is 77.4 Å². The fourth-order valence-corrected chi connectivity index (χ4v) is 2.85. The number of fused-ring (bicyclic) bond motifs is 1. The number of benzene rings is 3. The Morgan fingerprint density at radius 2 is 1.76 bits per heavy atom. The van der Waals surface area contributed by atoms with Crippen LogP contribution in [0.2, 0.25) is 0 Å². The second kappa shape index (κ2) is 7.18. The molecule has 0 aliphatic carbocycles. The number of hydrogen-bond donors (Lipinski definition) is 1. The zero-order chi connectivity index (χ0) is 17.8. The predicted octanol–water partition coefficient (Wildman–Crippen LogP) is 3.76. The summed E-state index contributed by atoms with van der Waals surface area (Å²) in [6.07, 6.45) is 0.128. The maximum absolute atomic E-state index is 13.0. The first kappa shape index (κ1) is 16.7. The molecule has 2 N–H and O–H groups in total. The van der Waals surface area contributed by atoms with Gasteiger partial charge in [-0.3, -0.25) is 9.59 Å². The predicted molar refractivity (Wildman–Crippen MR) is 98.6 cm³/mol. The van der Waals surface area contributed by atoms with E-state index in [1.165, 1.54) is 0 Å². The van der Waals surface area contributed by atoms with Gasteiger partial charge in [-0.25, -0.2) is 0 Å². The molecule has 0 aliphatic heterocycles. The molecule has 3 rings (SSSR count). The van der Waals surface area contributed by atoms with E-state index in [1.807, 2.05) is 30.3 Å². The second-order valence-corrected chi connectivity index (χ2v) is 5.80. The minimum absolute atomic E-state index is 0.0955. The smallest absolute Gasteiger partial charge is 0.310 e. The number of rotatable bonds is 5. The van der Waals surface area contributed by atoms with Gasteiger partial charge in [0.25, 0.3) is 0 Å². The Morgan fingerprint density at radius 3 is 2.48 bits per heavy atom. The third-order valence-corrected chi connectivity index (χ3v) is 3.97. The fourth-order valence-electron chi connectivity index (χ4n) is 2.85. The van der Waals surface area contributed by atoms with Gasteiger partial charge in [0.05, 0.1) is 13.0 Å². The zero-order valence-corrected chi connectivity index (χ0v) is 14.0. The monoisotopic (exact) mass is 333 g/mol. The zero-order valence-electron chi connectivity index (χ0n) is 14.0. The number of hydrogen-bond acceptors (Lipinski definition) is 4. The van der Waals surface area contributed by atoms with Gasteiger partial charge in [-0.15, -0.1) is 0 Å². The average molecular weight is 333 g/mol. The molecule has 4 nitrogen and oxygen atoms in total. The Hall–Kier alpha value is -3.14. The summed E-state index contributed by atoms with van der Waals surface area (Å²) in [7, 11) is 0. The molecule has 0 radical (unpaired) electrons. The number of carbonyl (C=O) groups excluding carboxylic acids is 2. The van der Waals surface area contributed by atoms with Crippen LogP contribution in [0.4, 0.5) is 5.69 Å². The van der Waals surface area contributed by atoms with Gasteiger partial charge in [0.1, 0.15) is 0 Å². The Balaban J connectivity index is 2.12. The van der Waals surface area contributed by atoms with Crippen LogP contribution >= 0.6 is 0 Å². The average Bonchev–Trinajstić information content (AvgIpc) is 2.61. The van der Waals surface area contributed by atoms with Crippen molar-refractivity contribution in [2.75, 3.05) is 12.3 Å². The number of esters is 1. The maximum Gasteiger partial charge on any atom is 0.310 e. The van der Waals surface area contributed by atoms with E-state index >= 15 is 0 Å². The van der Waals surface area contributed by atoms with Crippen molar-refractivity contribution < 1.29 is 14.3 Å². The number of nitrogen functional groups attached to an aromatic ring is 1. The molecule has 4 heteroatoms. The van der Waals surface area contributed by atoms with Crippen molar-refractivity contribution >= 4 is 28.2 Å². The Labute approximate surface area is 146 Å². The van der Waals surface area contributed by atoms with Crippen LogP contribution in [0.1, 0.15) is 28.4 Å². The molecular formula is C21H19NO3. The van der Waals surface area contributed by atoms with Gasteiger partial charge in [0.2, 0.25) is 0 Å². The fraction of sp³-hybridized carbons (Fsp3) is 0.143. The van der Waals surface area contributed by atoms with Crippen molar-refractivity contribution in [3.8, 4) is 0 Å². The first-order valence-corrected chi connectivity index (χ1v) is 8.16. The highest BCUT2D eigenvalue weighted by molar-refractivity contribution is 6.17. The number of carbonyl (C=O) groups is 2. The van der Waals surface area contributed by atoms with Crippen molar-refractivity contribution in [2.24, 2.45) is 0 Å². The van der Waals surface area contributed by atoms with Crippen LogP contribution in [-0.2, 0) is 16.0 Å². The molecule has 0 saturated carbocycles. The molecule has 0 unspecified atom stereocenters. The molecule has 3 aromatic carbocycles. The topological polar surface area (TPSA) is 69.4 Å². The van der Waals surface area contributed by atoms with Crippen molar-refractivity contribution in [3.63, 3.8) is 0 Å². The molecule has 0 bridgehead atoms. The van der Waals surface area contributed by atoms with Gasteiger partial charge in [-0.1, -0.05) is 42.5 Å². The van der Waals surface area contributed by atoms with Crippen LogP contribution in [0.15, 0.2) is 60.7 Å². The molecular weight excluding hydrogens is 314 g/mol. The van der Waals surface area contributed by atoms with Crippen LogP contribution in [-0.4, -0.2) is 18.4 Å². The lowest BCUT2D eigenvalue weighted by Gasteiger charge is -2.11. The molecule has 0 fully saturated rings. The second-order valence-electron chi connectivity index (χ2n) is 5.80. The molecule has 3 aromatic rings. The lowest BCUT2D eigenvalue weighted by molar-refractivity contribution is -0.142. The molecule has 0 aliphatic rings. The first-order chi connectivity index (χ1) is 12.1. The molecule has 0 atom stereocenters. The van der Waals surface area contributed by atoms with Gasteiger partial charge >= 0.3 is 5.97 Å². The summed E-state index contributed by atoms with van der Waals surface area (Å²) in [6, 6.07) is 18.2. The van der Waals surface area contributed by atoms with Crippen LogP contribution in [0.3, 0.4) is 0 Å². The van der Waals surface area contributed by atoms with Crippen LogP contribution in [0.5, 0.6) is 0 Å².